The highest BCUT2D eigenvalue weighted by Gasteiger charge is 2.04. The number of hydrogen-bond acceptors (Lipinski definition) is 4. The van der Waals surface area contributed by atoms with Gasteiger partial charge in [0.15, 0.2) is 0 Å². The van der Waals surface area contributed by atoms with Gasteiger partial charge in [-0.1, -0.05) is 0 Å². The van der Waals surface area contributed by atoms with E-state index < -0.39 is 0 Å². The summed E-state index contributed by atoms with van der Waals surface area (Å²) >= 11 is 0. The summed E-state index contributed by atoms with van der Waals surface area (Å²) in [4.78, 5) is 8.49. The quantitative estimate of drug-likeness (QED) is 0.895. The number of pyridine rings is 2. The number of hydrogen-bond donors (Lipinski definition) is 1. The molecule has 0 unspecified atom stereocenters. The van der Waals surface area contributed by atoms with E-state index in [-0.39, 0.29) is 0 Å². The summed E-state index contributed by atoms with van der Waals surface area (Å²) in [5, 5.41) is 0. The van der Waals surface area contributed by atoms with Crippen molar-refractivity contribution in [3.63, 3.8) is 0 Å². The van der Waals surface area contributed by atoms with Crippen molar-refractivity contribution in [2.75, 3.05) is 6.54 Å². The van der Waals surface area contributed by atoms with E-state index in [1.165, 1.54) is 0 Å². The molecule has 2 rings (SSSR count). The van der Waals surface area contributed by atoms with Crippen LogP contribution in [-0.4, -0.2) is 16.5 Å². The predicted molar refractivity (Wildman–Crippen MR) is 70.8 cm³/mol. The van der Waals surface area contributed by atoms with Crippen molar-refractivity contribution in [2.24, 2.45) is 5.73 Å². The van der Waals surface area contributed by atoms with Crippen molar-refractivity contribution in [3.8, 4) is 11.6 Å². The van der Waals surface area contributed by atoms with Crippen LogP contribution < -0.4 is 10.5 Å². The molecule has 0 saturated heterocycles. The molecule has 4 heteroatoms. The van der Waals surface area contributed by atoms with Crippen LogP contribution in [0.15, 0.2) is 30.6 Å². The molecular formula is C14H17N3O. The first-order valence-electron chi connectivity index (χ1n) is 5.95. The van der Waals surface area contributed by atoms with Gasteiger partial charge in [-0.2, -0.15) is 0 Å². The van der Waals surface area contributed by atoms with Gasteiger partial charge in [0.25, 0.3) is 0 Å². The van der Waals surface area contributed by atoms with Gasteiger partial charge in [-0.05, 0) is 50.6 Å². The highest BCUT2D eigenvalue weighted by molar-refractivity contribution is 5.33. The zero-order valence-corrected chi connectivity index (χ0v) is 10.7. The van der Waals surface area contributed by atoms with Gasteiger partial charge < -0.3 is 10.5 Å². The standard InChI is InChI=1S/C14H17N3O/c1-10-7-12(5-6-15)8-17-14(10)18-13-4-3-11(2)16-9-13/h3-4,7-9H,5-6,15H2,1-2H3. The monoisotopic (exact) mass is 243 g/mol. The lowest BCUT2D eigenvalue weighted by molar-refractivity contribution is 0.456. The summed E-state index contributed by atoms with van der Waals surface area (Å²) in [6.07, 6.45) is 4.33. The van der Waals surface area contributed by atoms with Gasteiger partial charge in [-0.3, -0.25) is 4.98 Å². The van der Waals surface area contributed by atoms with Crippen LogP contribution in [0.25, 0.3) is 0 Å². The first-order chi connectivity index (χ1) is 8.69. The lowest BCUT2D eigenvalue weighted by Gasteiger charge is -2.08. The molecule has 0 saturated carbocycles. The van der Waals surface area contributed by atoms with Crippen molar-refractivity contribution in [3.05, 3.63) is 47.4 Å². The Kier molecular flexibility index (Phi) is 3.89. The maximum Gasteiger partial charge on any atom is 0.222 e. The third-order valence-electron chi connectivity index (χ3n) is 2.62. The minimum Gasteiger partial charge on any atom is -0.437 e. The average Bonchev–Trinajstić information content (AvgIpc) is 2.36. The number of aryl methyl sites for hydroxylation is 2. The van der Waals surface area contributed by atoms with Crippen molar-refractivity contribution < 1.29 is 4.74 Å². The Bertz CT molecular complexity index is 523. The average molecular weight is 243 g/mol. The van der Waals surface area contributed by atoms with E-state index in [0.717, 1.165) is 23.2 Å². The minimum absolute atomic E-state index is 0.612. The molecule has 94 valence electrons. The van der Waals surface area contributed by atoms with Crippen molar-refractivity contribution in [1.29, 1.82) is 0 Å². The van der Waals surface area contributed by atoms with Gasteiger partial charge in [0.2, 0.25) is 5.88 Å². The van der Waals surface area contributed by atoms with Gasteiger partial charge in [-0.15, -0.1) is 0 Å². The Morgan fingerprint density at radius 3 is 2.61 bits per heavy atom. The van der Waals surface area contributed by atoms with Crippen LogP contribution in [0.4, 0.5) is 0 Å². The summed E-state index contributed by atoms with van der Waals surface area (Å²) in [5.41, 5.74) is 8.61. The molecule has 2 heterocycles. The molecule has 2 N–H and O–H groups in total. The van der Waals surface area contributed by atoms with Crippen LogP contribution in [0.3, 0.4) is 0 Å². The normalized spacial score (nSPS) is 10.4. The fraction of sp³-hybridized carbons (Fsp3) is 0.286. The largest absolute Gasteiger partial charge is 0.437 e. The molecule has 0 bridgehead atoms. The van der Waals surface area contributed by atoms with Crippen LogP contribution in [0.5, 0.6) is 11.6 Å². The third kappa shape index (κ3) is 3.05. The predicted octanol–water partition coefficient (Wildman–Crippen LogP) is 2.39. The Morgan fingerprint density at radius 2 is 2.00 bits per heavy atom. The first-order valence-corrected chi connectivity index (χ1v) is 5.95. The summed E-state index contributed by atoms with van der Waals surface area (Å²) in [7, 11) is 0. The Labute approximate surface area is 107 Å². The summed E-state index contributed by atoms with van der Waals surface area (Å²) in [6.45, 7) is 4.54. The van der Waals surface area contributed by atoms with Gasteiger partial charge in [-0.25, -0.2) is 4.98 Å². The van der Waals surface area contributed by atoms with Gasteiger partial charge >= 0.3 is 0 Å². The molecule has 2 aromatic heterocycles. The van der Waals surface area contributed by atoms with Gasteiger partial charge in [0.1, 0.15) is 5.75 Å². The number of ether oxygens (including phenoxy) is 1. The summed E-state index contributed by atoms with van der Waals surface area (Å²) in [5.74, 6) is 1.31. The Hall–Kier alpha value is -1.94. The maximum atomic E-state index is 5.69. The molecule has 0 spiro atoms. The lowest BCUT2D eigenvalue weighted by atomic mass is 10.1. The van der Waals surface area contributed by atoms with Crippen LogP contribution in [0.1, 0.15) is 16.8 Å². The van der Waals surface area contributed by atoms with E-state index in [0.29, 0.717) is 18.2 Å². The molecule has 0 fully saturated rings. The summed E-state index contributed by atoms with van der Waals surface area (Å²) in [6, 6.07) is 5.85. The van der Waals surface area contributed by atoms with Gasteiger partial charge in [0.05, 0.1) is 6.20 Å². The van der Waals surface area contributed by atoms with E-state index >= 15 is 0 Å². The van der Waals surface area contributed by atoms with E-state index in [9.17, 15) is 0 Å². The molecule has 0 radical (unpaired) electrons. The lowest BCUT2D eigenvalue weighted by Crippen LogP contribution is -2.03. The Morgan fingerprint density at radius 1 is 1.17 bits per heavy atom. The van der Waals surface area contributed by atoms with E-state index in [4.69, 9.17) is 10.5 Å². The number of nitrogens with zero attached hydrogens (tertiary/aromatic N) is 2. The second-order valence-electron chi connectivity index (χ2n) is 4.24. The third-order valence-corrected chi connectivity index (χ3v) is 2.62. The fourth-order valence-electron chi connectivity index (χ4n) is 1.66. The zero-order valence-electron chi connectivity index (χ0n) is 10.7. The van der Waals surface area contributed by atoms with Crippen LogP contribution in [0, 0.1) is 13.8 Å². The smallest absolute Gasteiger partial charge is 0.222 e. The zero-order chi connectivity index (χ0) is 13.0. The molecular weight excluding hydrogens is 226 g/mol. The van der Waals surface area contributed by atoms with E-state index in [2.05, 4.69) is 16.0 Å². The molecule has 0 aliphatic heterocycles. The van der Waals surface area contributed by atoms with E-state index in [1.807, 2.05) is 26.0 Å². The van der Waals surface area contributed by atoms with Crippen LogP contribution >= 0.6 is 0 Å². The second-order valence-corrected chi connectivity index (χ2v) is 4.24. The Balaban J connectivity index is 2.16. The SMILES string of the molecule is Cc1ccc(Oc2ncc(CCN)cc2C)cn1. The van der Waals surface area contributed by atoms with E-state index in [1.54, 1.807) is 12.4 Å². The van der Waals surface area contributed by atoms with Crippen molar-refractivity contribution >= 4 is 0 Å². The van der Waals surface area contributed by atoms with Crippen LogP contribution in [-0.2, 0) is 6.42 Å². The second kappa shape index (κ2) is 5.60. The minimum atomic E-state index is 0.612. The molecule has 0 aliphatic rings. The number of nitrogens with two attached hydrogens (primary N) is 1. The van der Waals surface area contributed by atoms with Gasteiger partial charge in [0, 0.05) is 17.5 Å². The van der Waals surface area contributed by atoms with Crippen molar-refractivity contribution in [1.82, 2.24) is 9.97 Å². The molecule has 0 aromatic carbocycles. The molecule has 2 aromatic rings. The molecule has 0 amide bonds. The summed E-state index contributed by atoms with van der Waals surface area (Å²) < 4.78 is 5.69. The highest BCUT2D eigenvalue weighted by atomic mass is 16.5. The topological polar surface area (TPSA) is 61.0 Å². The molecule has 4 nitrogen and oxygen atoms in total. The first kappa shape index (κ1) is 12.5. The van der Waals surface area contributed by atoms with Crippen molar-refractivity contribution in [2.45, 2.75) is 20.3 Å². The fourth-order valence-corrected chi connectivity index (χ4v) is 1.66. The maximum absolute atomic E-state index is 5.69. The van der Waals surface area contributed by atoms with Crippen LogP contribution in [0.2, 0.25) is 0 Å². The number of rotatable bonds is 4. The molecule has 18 heavy (non-hydrogen) atoms. The molecule has 0 aliphatic carbocycles. The molecule has 0 atom stereocenters. The highest BCUT2D eigenvalue weighted by Crippen LogP contribution is 2.22. The number of aromatic nitrogens is 2.